The molecule has 0 fully saturated rings. The maximum atomic E-state index is 11.0. The van der Waals surface area contributed by atoms with E-state index in [0.717, 1.165) is 0 Å². The highest BCUT2D eigenvalue weighted by atomic mass is 16.4. The summed E-state index contributed by atoms with van der Waals surface area (Å²) in [5.41, 5.74) is -1.08. The number of carbonyl (C=O) groups is 1. The van der Waals surface area contributed by atoms with E-state index in [1.165, 1.54) is 0 Å². The first kappa shape index (κ1) is 12.6. The van der Waals surface area contributed by atoms with Gasteiger partial charge >= 0.3 is 5.97 Å². The number of aliphatic carboxylic acids is 1. The van der Waals surface area contributed by atoms with E-state index >= 15 is 0 Å². The van der Waals surface area contributed by atoms with Gasteiger partial charge in [-0.3, -0.25) is 4.79 Å². The Kier molecular flexibility index (Phi) is 3.03. The van der Waals surface area contributed by atoms with E-state index in [9.17, 15) is 4.79 Å². The largest absolute Gasteiger partial charge is 0.481 e. The minimum absolute atomic E-state index is 0.196. The highest BCUT2D eigenvalue weighted by Crippen LogP contribution is 2.23. The van der Waals surface area contributed by atoms with Crippen LogP contribution in [-0.2, 0) is 16.8 Å². The second-order valence-corrected chi connectivity index (χ2v) is 5.60. The molecule has 1 rings (SSSR count). The average Bonchev–Trinajstić information content (AvgIpc) is 2.49. The van der Waals surface area contributed by atoms with Crippen molar-refractivity contribution < 1.29 is 9.90 Å². The van der Waals surface area contributed by atoms with Gasteiger partial charge in [0.15, 0.2) is 5.82 Å². The minimum atomic E-state index is -0.880. The first-order valence-electron chi connectivity index (χ1n) is 5.14. The van der Waals surface area contributed by atoms with Crippen molar-refractivity contribution in [3.63, 3.8) is 0 Å². The van der Waals surface area contributed by atoms with Crippen LogP contribution in [0.15, 0.2) is 0 Å². The summed E-state index contributed by atoms with van der Waals surface area (Å²) in [6, 6.07) is 0. The first-order valence-corrected chi connectivity index (χ1v) is 5.14. The van der Waals surface area contributed by atoms with E-state index in [1.54, 1.807) is 18.5 Å². The van der Waals surface area contributed by atoms with Crippen molar-refractivity contribution in [2.75, 3.05) is 0 Å². The number of nitrogens with zero attached hydrogens (tertiary/aromatic N) is 4. The molecule has 0 aliphatic heterocycles. The summed E-state index contributed by atoms with van der Waals surface area (Å²) in [5.74, 6) is -0.162. The fourth-order valence-corrected chi connectivity index (χ4v) is 1.29. The van der Waals surface area contributed by atoms with Gasteiger partial charge in [-0.25, -0.2) is 4.68 Å². The van der Waals surface area contributed by atoms with E-state index in [4.69, 9.17) is 5.11 Å². The van der Waals surface area contributed by atoms with E-state index in [2.05, 4.69) is 15.5 Å². The van der Waals surface area contributed by atoms with Crippen molar-refractivity contribution >= 4 is 5.97 Å². The molecule has 0 saturated heterocycles. The minimum Gasteiger partial charge on any atom is -0.481 e. The molecule has 0 amide bonds. The number of aromatic nitrogens is 4. The number of carboxylic acids is 1. The lowest BCUT2D eigenvalue weighted by molar-refractivity contribution is -0.147. The van der Waals surface area contributed by atoms with Crippen molar-refractivity contribution in [2.24, 2.45) is 5.41 Å². The molecule has 6 heteroatoms. The van der Waals surface area contributed by atoms with Crippen molar-refractivity contribution in [3.8, 4) is 0 Å². The second-order valence-electron chi connectivity index (χ2n) is 5.60. The maximum absolute atomic E-state index is 11.0. The van der Waals surface area contributed by atoms with Crippen LogP contribution >= 0.6 is 0 Å². The molecule has 1 aromatic heterocycles. The number of hydrogen-bond donors (Lipinski definition) is 1. The number of rotatable bonds is 3. The average molecular weight is 226 g/mol. The van der Waals surface area contributed by atoms with Crippen molar-refractivity contribution in [3.05, 3.63) is 5.82 Å². The molecular weight excluding hydrogens is 208 g/mol. The Hall–Kier alpha value is -1.46. The highest BCUT2D eigenvalue weighted by Gasteiger charge is 2.31. The topological polar surface area (TPSA) is 80.9 Å². The van der Waals surface area contributed by atoms with E-state index in [-0.39, 0.29) is 12.0 Å². The van der Waals surface area contributed by atoms with Crippen LogP contribution in [0.1, 0.15) is 40.4 Å². The lowest BCUT2D eigenvalue weighted by Crippen LogP contribution is -2.32. The van der Waals surface area contributed by atoms with Crippen LogP contribution in [0.3, 0.4) is 0 Å². The van der Waals surface area contributed by atoms with Gasteiger partial charge in [0.05, 0.1) is 12.0 Å². The zero-order chi connectivity index (χ0) is 12.6. The van der Waals surface area contributed by atoms with Crippen LogP contribution in [-0.4, -0.2) is 31.3 Å². The quantitative estimate of drug-likeness (QED) is 0.834. The van der Waals surface area contributed by atoms with Gasteiger partial charge in [0.1, 0.15) is 0 Å². The second kappa shape index (κ2) is 3.84. The van der Waals surface area contributed by atoms with Gasteiger partial charge in [-0.05, 0) is 24.3 Å². The molecule has 0 aliphatic rings. The Morgan fingerprint density at radius 1 is 1.31 bits per heavy atom. The van der Waals surface area contributed by atoms with Crippen molar-refractivity contribution in [1.82, 2.24) is 20.2 Å². The van der Waals surface area contributed by atoms with Crippen LogP contribution in [0.4, 0.5) is 0 Å². The van der Waals surface area contributed by atoms with Gasteiger partial charge in [-0.2, -0.15) is 0 Å². The van der Waals surface area contributed by atoms with Crippen LogP contribution < -0.4 is 0 Å². The summed E-state index contributed by atoms with van der Waals surface area (Å²) in [6.07, 6.45) is 0. The molecule has 0 saturated carbocycles. The van der Waals surface area contributed by atoms with E-state index in [1.807, 2.05) is 20.8 Å². The fraction of sp³-hybridized carbons (Fsp3) is 0.800. The third-order valence-electron chi connectivity index (χ3n) is 2.33. The molecule has 0 atom stereocenters. The Bertz CT molecular complexity index is 390. The molecule has 0 unspecified atom stereocenters. The standard InChI is InChI=1S/C10H18N4O2/c1-9(2,3)7-11-12-13-14(7)6-10(4,5)8(15)16/h6H2,1-5H3,(H,15,16). The third-order valence-corrected chi connectivity index (χ3v) is 2.33. The summed E-state index contributed by atoms with van der Waals surface area (Å²) in [5, 5.41) is 20.4. The van der Waals surface area contributed by atoms with Gasteiger partial charge in [-0.15, -0.1) is 5.10 Å². The first-order chi connectivity index (χ1) is 7.14. The molecule has 1 heterocycles. The van der Waals surface area contributed by atoms with E-state index < -0.39 is 11.4 Å². The Labute approximate surface area is 94.7 Å². The molecule has 0 radical (unpaired) electrons. The van der Waals surface area contributed by atoms with Gasteiger partial charge in [0.2, 0.25) is 0 Å². The van der Waals surface area contributed by atoms with Gasteiger partial charge in [-0.1, -0.05) is 20.8 Å². The van der Waals surface area contributed by atoms with Crippen LogP contribution in [0, 0.1) is 5.41 Å². The van der Waals surface area contributed by atoms with Crippen LogP contribution in [0.25, 0.3) is 0 Å². The summed E-state index contributed by atoms with van der Waals surface area (Å²) in [6.45, 7) is 9.55. The smallest absolute Gasteiger partial charge is 0.310 e. The SMILES string of the molecule is CC(C)(Cn1nnnc1C(C)(C)C)C(=O)O. The highest BCUT2D eigenvalue weighted by molar-refractivity contribution is 5.73. The van der Waals surface area contributed by atoms with Gasteiger partial charge in [0.25, 0.3) is 0 Å². The summed E-state index contributed by atoms with van der Waals surface area (Å²) < 4.78 is 1.56. The summed E-state index contributed by atoms with van der Waals surface area (Å²) in [7, 11) is 0. The number of tetrazole rings is 1. The zero-order valence-electron chi connectivity index (χ0n) is 10.4. The Morgan fingerprint density at radius 2 is 1.88 bits per heavy atom. The molecule has 1 N–H and O–H groups in total. The predicted molar refractivity (Wildman–Crippen MR) is 57.9 cm³/mol. The molecule has 0 bridgehead atoms. The van der Waals surface area contributed by atoms with Gasteiger partial charge < -0.3 is 5.11 Å². The molecule has 0 aliphatic carbocycles. The summed E-state index contributed by atoms with van der Waals surface area (Å²) >= 11 is 0. The lowest BCUT2D eigenvalue weighted by Gasteiger charge is -2.22. The molecule has 6 nitrogen and oxygen atoms in total. The molecule has 0 spiro atoms. The zero-order valence-corrected chi connectivity index (χ0v) is 10.4. The normalized spacial score (nSPS) is 12.8. The van der Waals surface area contributed by atoms with Gasteiger partial charge in [0, 0.05) is 5.41 Å². The maximum Gasteiger partial charge on any atom is 0.310 e. The fourth-order valence-electron chi connectivity index (χ4n) is 1.29. The van der Waals surface area contributed by atoms with E-state index in [0.29, 0.717) is 5.82 Å². The molecule has 1 aromatic rings. The summed E-state index contributed by atoms with van der Waals surface area (Å²) in [4.78, 5) is 11.0. The Morgan fingerprint density at radius 3 is 2.31 bits per heavy atom. The molecule has 16 heavy (non-hydrogen) atoms. The lowest BCUT2D eigenvalue weighted by atomic mass is 9.92. The van der Waals surface area contributed by atoms with Crippen LogP contribution in [0.5, 0.6) is 0 Å². The molecular formula is C10H18N4O2. The number of hydrogen-bond acceptors (Lipinski definition) is 4. The van der Waals surface area contributed by atoms with Crippen molar-refractivity contribution in [1.29, 1.82) is 0 Å². The van der Waals surface area contributed by atoms with Crippen molar-refractivity contribution in [2.45, 2.75) is 46.6 Å². The third kappa shape index (κ3) is 2.56. The molecule has 0 aromatic carbocycles. The predicted octanol–water partition coefficient (Wildman–Crippen LogP) is 1.08. The number of carboxylic acid groups (broad SMARTS) is 1. The van der Waals surface area contributed by atoms with Crippen LogP contribution in [0.2, 0.25) is 0 Å². The molecule has 90 valence electrons. The monoisotopic (exact) mass is 226 g/mol. The Balaban J connectivity index is 3.00.